The second kappa shape index (κ2) is 13.8. The summed E-state index contributed by atoms with van der Waals surface area (Å²) in [7, 11) is 1.77. The second-order valence-corrected chi connectivity index (χ2v) is 5.48. The van der Waals surface area contributed by atoms with Crippen LogP contribution in [0.1, 0.15) is 39.5 Å². The maximum absolute atomic E-state index is 11.9. The number of aliphatic imine (C=N–C) groups is 1. The van der Waals surface area contributed by atoms with Gasteiger partial charge in [0.1, 0.15) is 0 Å². The summed E-state index contributed by atoms with van der Waals surface area (Å²) in [6, 6.07) is 0. The van der Waals surface area contributed by atoms with Gasteiger partial charge in [0.15, 0.2) is 5.96 Å². The smallest absolute Gasteiger partial charge is 0.310 e. The summed E-state index contributed by atoms with van der Waals surface area (Å²) in [5.74, 6) is 0.701. The highest BCUT2D eigenvalue weighted by molar-refractivity contribution is 14.0. The van der Waals surface area contributed by atoms with E-state index in [0.29, 0.717) is 19.8 Å². The zero-order valence-corrected chi connectivity index (χ0v) is 17.0. The van der Waals surface area contributed by atoms with Gasteiger partial charge in [0, 0.05) is 33.3 Å². The average Bonchev–Trinajstić information content (AvgIpc) is 2.54. The van der Waals surface area contributed by atoms with Gasteiger partial charge in [-0.05, 0) is 26.2 Å². The predicted octanol–water partition coefficient (Wildman–Crippen LogP) is 2.27. The van der Waals surface area contributed by atoms with E-state index in [4.69, 9.17) is 9.47 Å². The first-order chi connectivity index (χ1) is 10.7. The van der Waals surface area contributed by atoms with Crippen molar-refractivity contribution in [3.63, 3.8) is 0 Å². The van der Waals surface area contributed by atoms with Crippen LogP contribution in [0.2, 0.25) is 0 Å². The Morgan fingerprint density at radius 2 is 2.13 bits per heavy atom. The van der Waals surface area contributed by atoms with Crippen molar-refractivity contribution in [1.29, 1.82) is 0 Å². The van der Waals surface area contributed by atoms with E-state index >= 15 is 0 Å². The van der Waals surface area contributed by atoms with Crippen molar-refractivity contribution >= 4 is 35.9 Å². The molecule has 1 unspecified atom stereocenters. The standard InChI is InChI=1S/C16H31N3O3.HI/c1-4-6-11-21-12-9-18-16(17-3)19-10-7-8-14(13-19)15(20)22-5-2;/h14H,4-13H2,1-3H3,(H,17,18);1H. The van der Waals surface area contributed by atoms with Gasteiger partial charge in [0.2, 0.25) is 0 Å². The monoisotopic (exact) mass is 441 g/mol. The molecule has 1 atom stereocenters. The Morgan fingerprint density at radius 3 is 2.78 bits per heavy atom. The van der Waals surface area contributed by atoms with Crippen LogP contribution in [-0.4, -0.2) is 63.3 Å². The lowest BCUT2D eigenvalue weighted by Gasteiger charge is -2.33. The van der Waals surface area contributed by atoms with E-state index in [0.717, 1.165) is 51.3 Å². The molecule has 0 aliphatic carbocycles. The Morgan fingerprint density at radius 1 is 1.35 bits per heavy atom. The van der Waals surface area contributed by atoms with Crippen LogP contribution in [0, 0.1) is 5.92 Å². The van der Waals surface area contributed by atoms with E-state index in [-0.39, 0.29) is 35.9 Å². The normalized spacial score (nSPS) is 18.3. The van der Waals surface area contributed by atoms with E-state index in [1.807, 2.05) is 6.92 Å². The number of carbonyl (C=O) groups excluding carboxylic acids is 1. The Kier molecular flexibility index (Phi) is 13.5. The molecular formula is C16H32IN3O3. The summed E-state index contributed by atoms with van der Waals surface area (Å²) in [4.78, 5) is 18.3. The second-order valence-electron chi connectivity index (χ2n) is 5.48. The number of guanidine groups is 1. The third-order valence-electron chi connectivity index (χ3n) is 3.72. The largest absolute Gasteiger partial charge is 0.466 e. The number of hydrogen-bond donors (Lipinski definition) is 1. The molecule has 0 spiro atoms. The zero-order chi connectivity index (χ0) is 16.2. The molecule has 0 amide bonds. The molecule has 23 heavy (non-hydrogen) atoms. The Hall–Kier alpha value is -0.570. The number of nitrogens with one attached hydrogen (secondary N) is 1. The molecule has 0 radical (unpaired) electrons. The quantitative estimate of drug-likeness (QED) is 0.206. The molecule has 0 aromatic carbocycles. The summed E-state index contributed by atoms with van der Waals surface area (Å²) in [6.45, 7) is 8.26. The minimum Gasteiger partial charge on any atom is -0.466 e. The van der Waals surface area contributed by atoms with Gasteiger partial charge in [0.05, 0.1) is 19.1 Å². The van der Waals surface area contributed by atoms with Gasteiger partial charge >= 0.3 is 5.97 Å². The molecule has 1 heterocycles. The molecule has 1 aliphatic rings. The molecule has 136 valence electrons. The summed E-state index contributed by atoms with van der Waals surface area (Å²) in [5, 5.41) is 3.31. The predicted molar refractivity (Wildman–Crippen MR) is 103 cm³/mol. The van der Waals surface area contributed by atoms with Crippen LogP contribution in [0.4, 0.5) is 0 Å². The molecule has 1 saturated heterocycles. The molecule has 1 N–H and O–H groups in total. The van der Waals surface area contributed by atoms with Crippen molar-refractivity contribution in [2.45, 2.75) is 39.5 Å². The highest BCUT2D eigenvalue weighted by atomic mass is 127. The number of unbranched alkanes of at least 4 members (excludes halogenated alkanes) is 1. The van der Waals surface area contributed by atoms with Crippen LogP contribution in [0.5, 0.6) is 0 Å². The van der Waals surface area contributed by atoms with Crippen LogP contribution in [0.3, 0.4) is 0 Å². The van der Waals surface area contributed by atoms with Crippen molar-refractivity contribution in [1.82, 2.24) is 10.2 Å². The Bertz CT molecular complexity index is 353. The summed E-state index contributed by atoms with van der Waals surface area (Å²) < 4.78 is 10.7. The Balaban J connectivity index is 0.00000484. The highest BCUT2D eigenvalue weighted by Gasteiger charge is 2.28. The van der Waals surface area contributed by atoms with E-state index in [2.05, 4.69) is 22.1 Å². The first-order valence-electron chi connectivity index (χ1n) is 8.42. The maximum Gasteiger partial charge on any atom is 0.310 e. The lowest BCUT2D eigenvalue weighted by molar-refractivity contribution is -0.149. The number of piperidine rings is 1. The lowest BCUT2D eigenvalue weighted by atomic mass is 9.98. The van der Waals surface area contributed by atoms with E-state index in [1.54, 1.807) is 7.05 Å². The van der Waals surface area contributed by atoms with Crippen molar-refractivity contribution in [3.8, 4) is 0 Å². The molecule has 0 aromatic heterocycles. The molecule has 0 bridgehead atoms. The van der Waals surface area contributed by atoms with Gasteiger partial charge < -0.3 is 19.7 Å². The number of carbonyl (C=O) groups is 1. The first-order valence-corrected chi connectivity index (χ1v) is 8.42. The molecule has 1 fully saturated rings. The summed E-state index contributed by atoms with van der Waals surface area (Å²) >= 11 is 0. The SMILES string of the molecule is CCCCOCCNC(=NC)N1CCCC(C(=O)OCC)C1.I. The minimum absolute atomic E-state index is 0. The number of ether oxygens (including phenoxy) is 2. The fourth-order valence-electron chi connectivity index (χ4n) is 2.54. The summed E-state index contributed by atoms with van der Waals surface area (Å²) in [6.07, 6.45) is 4.13. The number of rotatable bonds is 8. The lowest BCUT2D eigenvalue weighted by Crippen LogP contribution is -2.48. The van der Waals surface area contributed by atoms with E-state index in [9.17, 15) is 4.79 Å². The minimum atomic E-state index is -0.0921. The van der Waals surface area contributed by atoms with Crippen LogP contribution in [-0.2, 0) is 14.3 Å². The third kappa shape index (κ3) is 8.74. The molecule has 0 aromatic rings. The van der Waals surface area contributed by atoms with E-state index in [1.165, 1.54) is 0 Å². The van der Waals surface area contributed by atoms with Gasteiger partial charge in [0.25, 0.3) is 0 Å². The molecule has 1 rings (SSSR count). The molecule has 6 nitrogen and oxygen atoms in total. The maximum atomic E-state index is 11.9. The number of hydrogen-bond acceptors (Lipinski definition) is 4. The average molecular weight is 441 g/mol. The molecule has 0 saturated carbocycles. The number of halogens is 1. The highest BCUT2D eigenvalue weighted by Crippen LogP contribution is 2.17. The van der Waals surface area contributed by atoms with Gasteiger partial charge in [-0.25, -0.2) is 0 Å². The van der Waals surface area contributed by atoms with Crippen LogP contribution < -0.4 is 5.32 Å². The molecule has 7 heteroatoms. The van der Waals surface area contributed by atoms with E-state index < -0.39 is 0 Å². The third-order valence-corrected chi connectivity index (χ3v) is 3.72. The van der Waals surface area contributed by atoms with Crippen molar-refractivity contribution < 1.29 is 14.3 Å². The molecular weight excluding hydrogens is 409 g/mol. The van der Waals surface area contributed by atoms with Crippen LogP contribution in [0.15, 0.2) is 4.99 Å². The summed E-state index contributed by atoms with van der Waals surface area (Å²) in [5.41, 5.74) is 0. The fourth-order valence-corrected chi connectivity index (χ4v) is 2.54. The van der Waals surface area contributed by atoms with Gasteiger partial charge in [-0.1, -0.05) is 13.3 Å². The topological polar surface area (TPSA) is 63.2 Å². The van der Waals surface area contributed by atoms with Gasteiger partial charge in [-0.15, -0.1) is 24.0 Å². The van der Waals surface area contributed by atoms with Crippen LogP contribution >= 0.6 is 24.0 Å². The Labute approximate surface area is 157 Å². The molecule has 1 aliphatic heterocycles. The first kappa shape index (κ1) is 22.4. The van der Waals surface area contributed by atoms with Crippen molar-refractivity contribution in [2.75, 3.05) is 46.5 Å². The fraction of sp³-hybridized carbons (Fsp3) is 0.875. The zero-order valence-electron chi connectivity index (χ0n) is 14.7. The number of esters is 1. The van der Waals surface area contributed by atoms with Gasteiger partial charge in [-0.3, -0.25) is 9.79 Å². The number of likely N-dealkylation sites (tertiary alicyclic amines) is 1. The van der Waals surface area contributed by atoms with Crippen LogP contribution in [0.25, 0.3) is 0 Å². The van der Waals surface area contributed by atoms with Crippen molar-refractivity contribution in [3.05, 3.63) is 0 Å². The van der Waals surface area contributed by atoms with Gasteiger partial charge in [-0.2, -0.15) is 0 Å². The van der Waals surface area contributed by atoms with Crippen molar-refractivity contribution in [2.24, 2.45) is 10.9 Å². The number of nitrogens with zero attached hydrogens (tertiary/aromatic N) is 2.